The van der Waals surface area contributed by atoms with Gasteiger partial charge in [-0.2, -0.15) is 0 Å². The summed E-state index contributed by atoms with van der Waals surface area (Å²) in [4.78, 5) is 65.9. The van der Waals surface area contributed by atoms with Crippen LogP contribution in [0.2, 0.25) is 0 Å². The van der Waals surface area contributed by atoms with Crippen molar-refractivity contribution in [2.75, 3.05) is 52.9 Å². The third-order valence-corrected chi connectivity index (χ3v) is 15.3. The summed E-state index contributed by atoms with van der Waals surface area (Å²) in [5.74, 6) is -1.56. The molecule has 3 aromatic rings. The van der Waals surface area contributed by atoms with Gasteiger partial charge < -0.3 is 38.8 Å². The van der Waals surface area contributed by atoms with E-state index < -0.39 is 51.9 Å². The highest BCUT2D eigenvalue weighted by Crippen LogP contribution is 2.69. The summed E-state index contributed by atoms with van der Waals surface area (Å²) in [6.45, 7) is 9.73. The van der Waals surface area contributed by atoms with E-state index in [9.17, 15) is 19.5 Å². The van der Waals surface area contributed by atoms with Crippen molar-refractivity contribution < 1.29 is 43.2 Å². The molecule has 2 fully saturated rings. The van der Waals surface area contributed by atoms with E-state index in [0.29, 0.717) is 61.3 Å². The molecule has 2 bridgehead atoms. The van der Waals surface area contributed by atoms with Crippen molar-refractivity contribution in [3.05, 3.63) is 82.2 Å². The number of ether oxygens (including phenoxy) is 4. The van der Waals surface area contributed by atoms with Gasteiger partial charge >= 0.3 is 17.9 Å². The van der Waals surface area contributed by atoms with Crippen molar-refractivity contribution in [1.29, 1.82) is 0 Å². The molecule has 1 saturated heterocycles. The van der Waals surface area contributed by atoms with Gasteiger partial charge in [-0.1, -0.05) is 31.6 Å². The van der Waals surface area contributed by atoms with Crippen LogP contribution in [0.15, 0.2) is 54.3 Å². The number of anilines is 1. The number of H-pyrrole nitrogens is 1. The monoisotopic (exact) mass is 820 g/mol. The molecule has 0 radical (unpaired) electrons. The second kappa shape index (κ2) is 14.0. The third-order valence-electron chi connectivity index (χ3n) is 15.3. The van der Waals surface area contributed by atoms with E-state index in [2.05, 4.69) is 40.0 Å². The fraction of sp³-hybridized carbons (Fsp3) is 0.532. The number of allylic oxidation sites excluding steroid dienone is 1. The summed E-state index contributed by atoms with van der Waals surface area (Å²) in [6.07, 6.45) is 7.97. The van der Waals surface area contributed by atoms with Crippen LogP contribution in [0.5, 0.6) is 5.75 Å². The van der Waals surface area contributed by atoms with Gasteiger partial charge in [0.2, 0.25) is 5.60 Å². The summed E-state index contributed by atoms with van der Waals surface area (Å²) >= 11 is 0. The Morgan fingerprint density at radius 3 is 2.40 bits per heavy atom. The number of benzene rings is 2. The number of aliphatic hydroxyl groups is 1. The lowest BCUT2D eigenvalue weighted by molar-refractivity contribution is -0.235. The van der Waals surface area contributed by atoms with E-state index in [0.717, 1.165) is 47.2 Å². The Balaban J connectivity index is 1.37. The number of esters is 3. The lowest BCUT2D eigenvalue weighted by atomic mass is 9.47. The van der Waals surface area contributed by atoms with E-state index in [1.807, 2.05) is 49.2 Å². The van der Waals surface area contributed by atoms with Gasteiger partial charge in [0, 0.05) is 96.5 Å². The van der Waals surface area contributed by atoms with Gasteiger partial charge in [-0.05, 0) is 86.5 Å². The summed E-state index contributed by atoms with van der Waals surface area (Å²) in [6, 6.07) is 8.44. The second-order valence-corrected chi connectivity index (χ2v) is 18.0. The molecule has 1 unspecified atom stereocenters. The smallest absolute Gasteiger partial charge is 0.344 e. The molecule has 2 aromatic carbocycles. The molecule has 13 nitrogen and oxygen atoms in total. The summed E-state index contributed by atoms with van der Waals surface area (Å²) in [7, 11) is 6.13. The van der Waals surface area contributed by atoms with E-state index in [1.54, 1.807) is 14.0 Å². The van der Waals surface area contributed by atoms with Crippen molar-refractivity contribution >= 4 is 40.3 Å². The molecule has 1 aromatic heterocycles. The highest BCUT2D eigenvalue weighted by Gasteiger charge is 2.80. The van der Waals surface area contributed by atoms with Crippen molar-refractivity contribution in [1.82, 2.24) is 14.8 Å². The summed E-state index contributed by atoms with van der Waals surface area (Å²) in [5, 5.41) is 14.2. The number of hydrogen-bond acceptors (Lipinski definition) is 12. The zero-order valence-corrected chi connectivity index (χ0v) is 35.8. The molecule has 0 amide bonds. The Morgan fingerprint density at radius 1 is 0.967 bits per heavy atom. The maximum Gasteiger partial charge on any atom is 0.344 e. The maximum absolute atomic E-state index is 15.3. The van der Waals surface area contributed by atoms with Gasteiger partial charge in [-0.25, -0.2) is 4.79 Å². The standard InChI is InChI=1S/C47H56N4O9/c1-9-28-18-29-22-46(42(54)58-7,38-32(25-50(23-28)24-29)31-19-30(26(3)52)12-13-35(31)48-38)34-20-33-36(21-37(34)57-6)49(5)40-45(33)15-17-51-16-11-14-44(10-2,39(45)51)41(60-27(4)53)47(40,56)43(55)59-8/h11-13,16,18-21,29,39-41,48,56H,9-10,14-15,17,22-25H2,1-8H3/t29-,39+,40-,41-,44-,45-,46+,47+/m1/s1. The summed E-state index contributed by atoms with van der Waals surface area (Å²) < 4.78 is 23.9. The Bertz CT molecular complexity index is 2400. The van der Waals surface area contributed by atoms with Crippen LogP contribution in [0.25, 0.3) is 10.9 Å². The van der Waals surface area contributed by atoms with Crippen LogP contribution in [0.3, 0.4) is 0 Å². The number of rotatable bonds is 8. The first kappa shape index (κ1) is 40.3. The van der Waals surface area contributed by atoms with Crippen LogP contribution in [0.4, 0.5) is 5.69 Å². The summed E-state index contributed by atoms with van der Waals surface area (Å²) in [5.41, 5.74) is 0.959. The zero-order chi connectivity index (χ0) is 42.7. The van der Waals surface area contributed by atoms with Crippen LogP contribution in [-0.4, -0.2) is 115 Å². The Labute approximate surface area is 350 Å². The average molecular weight is 821 g/mol. The first-order valence-electron chi connectivity index (χ1n) is 21.2. The van der Waals surface area contributed by atoms with Gasteiger partial charge in [-0.3, -0.25) is 19.3 Å². The number of Topliss-reactive ketones (excluding diaryl/α,β-unsaturated/α-hetero) is 1. The number of likely N-dealkylation sites (N-methyl/N-ethyl adjacent to an activating group) is 1. The van der Waals surface area contributed by atoms with Gasteiger partial charge in [0.05, 0.1) is 27.4 Å². The second-order valence-electron chi connectivity index (χ2n) is 18.0. The molecule has 1 aliphatic carbocycles. The van der Waals surface area contributed by atoms with Gasteiger partial charge in [0.15, 0.2) is 11.9 Å². The minimum absolute atomic E-state index is 0.0338. The Morgan fingerprint density at radius 2 is 1.73 bits per heavy atom. The van der Waals surface area contributed by atoms with Crippen molar-refractivity contribution in [2.45, 2.75) is 101 Å². The molecule has 6 heterocycles. The van der Waals surface area contributed by atoms with Gasteiger partial charge in [0.1, 0.15) is 11.2 Å². The molecule has 2 N–H and O–H groups in total. The maximum atomic E-state index is 15.3. The van der Waals surface area contributed by atoms with Gasteiger partial charge in [-0.15, -0.1) is 0 Å². The normalized spacial score (nSPS) is 33.4. The first-order valence-corrected chi connectivity index (χ1v) is 21.2. The molecule has 60 heavy (non-hydrogen) atoms. The molecule has 1 spiro atoms. The predicted octanol–water partition coefficient (Wildman–Crippen LogP) is 5.30. The minimum atomic E-state index is -2.29. The van der Waals surface area contributed by atoms with E-state index >= 15 is 4.79 Å². The van der Waals surface area contributed by atoms with Crippen molar-refractivity contribution in [3.63, 3.8) is 0 Å². The molecule has 318 valence electrons. The van der Waals surface area contributed by atoms with Crippen LogP contribution >= 0.6 is 0 Å². The molecule has 1 saturated carbocycles. The fourth-order valence-electron chi connectivity index (χ4n) is 13.2. The number of aromatic nitrogens is 1. The van der Waals surface area contributed by atoms with Crippen molar-refractivity contribution in [3.8, 4) is 5.75 Å². The first-order chi connectivity index (χ1) is 28.7. The SMILES string of the molecule is CCC1=C[C@H]2CN(C1)Cc1c([nH]c3ccc(C(C)=O)cc13)[C@@](C(=O)OC)(c1cc3c(cc1OC)N(C)[C@H]1[C@@](O)(C(=O)OC)[C@H](OC(C)=O)[C@]4(CC)CC=CN5CC[C@]31[C@@H]54)C2. The van der Waals surface area contributed by atoms with Crippen LogP contribution < -0.4 is 9.64 Å². The largest absolute Gasteiger partial charge is 0.496 e. The molecule has 9 atom stereocenters. The topological polar surface area (TPSA) is 151 Å². The molecule has 6 aliphatic rings. The molecular formula is C47H56N4O9. The molecule has 13 heteroatoms. The van der Waals surface area contributed by atoms with E-state index in [1.165, 1.54) is 26.7 Å². The van der Waals surface area contributed by atoms with E-state index in [-0.39, 0.29) is 17.7 Å². The Kier molecular flexibility index (Phi) is 9.37. The number of hydrogen-bond donors (Lipinski definition) is 2. The number of carbonyl (C=O) groups excluding carboxylic acids is 4. The van der Waals surface area contributed by atoms with Gasteiger partial charge in [0.25, 0.3) is 0 Å². The predicted molar refractivity (Wildman–Crippen MR) is 224 cm³/mol. The highest BCUT2D eigenvalue weighted by molar-refractivity contribution is 6.00. The quantitative estimate of drug-likeness (QED) is 0.131. The molecule has 9 rings (SSSR count). The lowest BCUT2D eigenvalue weighted by Crippen LogP contribution is -2.81. The van der Waals surface area contributed by atoms with Crippen molar-refractivity contribution in [2.24, 2.45) is 11.3 Å². The molecule has 5 aliphatic heterocycles. The van der Waals surface area contributed by atoms with Crippen LogP contribution in [0, 0.1) is 11.3 Å². The van der Waals surface area contributed by atoms with Crippen LogP contribution in [-0.2, 0) is 46.0 Å². The van der Waals surface area contributed by atoms with E-state index in [4.69, 9.17) is 18.9 Å². The fourth-order valence-corrected chi connectivity index (χ4v) is 13.2. The highest BCUT2D eigenvalue weighted by atomic mass is 16.6. The lowest BCUT2D eigenvalue weighted by Gasteiger charge is -2.64. The number of carbonyl (C=O) groups is 4. The zero-order valence-electron chi connectivity index (χ0n) is 35.8. The van der Waals surface area contributed by atoms with Crippen LogP contribution in [0.1, 0.15) is 92.5 Å². The average Bonchev–Trinajstić information content (AvgIpc) is 3.89. The number of aromatic amines is 1. The number of fused-ring (bicyclic) bond motifs is 6. The number of ketones is 1. The Hall–Kier alpha value is -5.14. The number of nitrogens with zero attached hydrogens (tertiary/aromatic N) is 3. The number of methoxy groups -OCH3 is 3. The molecular weight excluding hydrogens is 765 g/mol. The number of nitrogens with one attached hydrogen (secondary N) is 1. The minimum Gasteiger partial charge on any atom is -0.496 e. The third kappa shape index (κ3) is 5.11.